The van der Waals surface area contributed by atoms with Crippen LogP contribution in [0.4, 0.5) is 11.5 Å². The molecule has 0 saturated carbocycles. The third-order valence-electron chi connectivity index (χ3n) is 6.30. The number of carbonyl (C=O) groups excluding carboxylic acids is 5. The van der Waals surface area contributed by atoms with Crippen LogP contribution in [0.1, 0.15) is 33.6 Å². The van der Waals surface area contributed by atoms with Crippen molar-refractivity contribution in [2.45, 2.75) is 18.9 Å². The summed E-state index contributed by atoms with van der Waals surface area (Å²) in [7, 11) is 0. The summed E-state index contributed by atoms with van der Waals surface area (Å²) in [6.45, 7) is 3.08. The number of nitrogens with zero attached hydrogens (tertiary/aromatic N) is 4. The maximum Gasteiger partial charge on any atom is 0.298 e. The number of imide groups is 2. The first-order valence-corrected chi connectivity index (χ1v) is 10.9. The smallest absolute Gasteiger partial charge is 0.298 e. The van der Waals surface area contributed by atoms with Gasteiger partial charge in [0, 0.05) is 38.3 Å². The molecule has 1 atom stereocenters. The lowest BCUT2D eigenvalue weighted by atomic mass is 10.0. The van der Waals surface area contributed by atoms with Gasteiger partial charge in [-0.05, 0) is 36.8 Å². The molecule has 0 bridgehead atoms. The Kier molecular flexibility index (Phi) is 5.44. The van der Waals surface area contributed by atoms with Crippen LogP contribution in [0, 0.1) is 0 Å². The molecule has 11 heteroatoms. The van der Waals surface area contributed by atoms with Crippen LogP contribution in [0.3, 0.4) is 0 Å². The number of pyridine rings is 1. The standard InChI is InChI=1S/C23H21N5O6/c29-13-34-15-2-5-19(24-12-15)27-9-7-26(8-10-27)14-1-3-16-17(11-14)23(33)28(22(16)32)18-4-6-20(30)25-21(18)31/h1-3,5,11-13,18H,4,6-10H2,(H,25,30,31). The van der Waals surface area contributed by atoms with E-state index in [0.29, 0.717) is 38.4 Å². The van der Waals surface area contributed by atoms with E-state index >= 15 is 0 Å². The van der Waals surface area contributed by atoms with Crippen LogP contribution in [0.5, 0.6) is 5.75 Å². The Balaban J connectivity index is 1.28. The van der Waals surface area contributed by atoms with E-state index in [1.165, 1.54) is 6.20 Å². The zero-order valence-electron chi connectivity index (χ0n) is 18.1. The molecule has 1 unspecified atom stereocenters. The van der Waals surface area contributed by atoms with E-state index in [1.807, 2.05) is 0 Å². The summed E-state index contributed by atoms with van der Waals surface area (Å²) in [6, 6.07) is 7.61. The summed E-state index contributed by atoms with van der Waals surface area (Å²) >= 11 is 0. The number of piperazine rings is 1. The van der Waals surface area contributed by atoms with Gasteiger partial charge in [0.25, 0.3) is 18.3 Å². The Morgan fingerprint density at radius 1 is 0.941 bits per heavy atom. The highest BCUT2D eigenvalue weighted by molar-refractivity contribution is 6.23. The summed E-state index contributed by atoms with van der Waals surface area (Å²) < 4.78 is 4.77. The van der Waals surface area contributed by atoms with Crippen molar-refractivity contribution in [1.82, 2.24) is 15.2 Å². The lowest BCUT2D eigenvalue weighted by molar-refractivity contribution is -0.136. The third kappa shape index (κ3) is 3.74. The first-order chi connectivity index (χ1) is 16.5. The number of fused-ring (bicyclic) bond motifs is 1. The molecule has 1 aromatic carbocycles. The number of nitrogens with one attached hydrogen (secondary N) is 1. The van der Waals surface area contributed by atoms with Gasteiger partial charge in [0.05, 0.1) is 17.3 Å². The van der Waals surface area contributed by atoms with Crippen LogP contribution in [0.2, 0.25) is 0 Å². The second kappa shape index (κ2) is 8.58. The van der Waals surface area contributed by atoms with Gasteiger partial charge >= 0.3 is 0 Å². The molecule has 0 spiro atoms. The van der Waals surface area contributed by atoms with Crippen LogP contribution in [-0.4, -0.2) is 72.2 Å². The average molecular weight is 463 g/mol. The highest BCUT2D eigenvalue weighted by atomic mass is 16.5. The SMILES string of the molecule is O=COc1ccc(N2CCN(c3ccc4c(c3)C(=O)N(C3CCC(=O)NC3=O)C4=O)CC2)nc1. The minimum absolute atomic E-state index is 0.0844. The number of anilines is 2. The second-order valence-electron chi connectivity index (χ2n) is 8.22. The maximum absolute atomic E-state index is 13.1. The molecule has 174 valence electrons. The monoisotopic (exact) mass is 463 g/mol. The molecule has 0 radical (unpaired) electrons. The van der Waals surface area contributed by atoms with Gasteiger partial charge < -0.3 is 14.5 Å². The van der Waals surface area contributed by atoms with Crippen LogP contribution < -0.4 is 19.9 Å². The van der Waals surface area contributed by atoms with Crippen molar-refractivity contribution in [3.05, 3.63) is 47.7 Å². The van der Waals surface area contributed by atoms with Crippen LogP contribution in [0.15, 0.2) is 36.5 Å². The molecule has 2 aromatic rings. The van der Waals surface area contributed by atoms with Gasteiger partial charge in [-0.3, -0.25) is 34.2 Å². The van der Waals surface area contributed by atoms with Crippen molar-refractivity contribution >= 4 is 41.6 Å². The van der Waals surface area contributed by atoms with Crippen molar-refractivity contribution in [2.24, 2.45) is 0 Å². The predicted octanol–water partition coefficient (Wildman–Crippen LogP) is 0.345. The van der Waals surface area contributed by atoms with Gasteiger partial charge in [-0.2, -0.15) is 0 Å². The topological polar surface area (TPSA) is 129 Å². The van der Waals surface area contributed by atoms with Gasteiger partial charge in [-0.1, -0.05) is 0 Å². The second-order valence-corrected chi connectivity index (χ2v) is 8.22. The molecule has 3 aliphatic rings. The first-order valence-electron chi connectivity index (χ1n) is 10.9. The van der Waals surface area contributed by atoms with Gasteiger partial charge in [0.15, 0.2) is 0 Å². The summed E-state index contributed by atoms with van der Waals surface area (Å²) in [5, 5.41) is 2.20. The Morgan fingerprint density at radius 2 is 1.68 bits per heavy atom. The van der Waals surface area contributed by atoms with Gasteiger partial charge in [0.1, 0.15) is 17.6 Å². The number of carbonyl (C=O) groups is 5. The molecule has 2 saturated heterocycles. The summed E-state index contributed by atoms with van der Waals surface area (Å²) in [4.78, 5) is 69.5. The van der Waals surface area contributed by atoms with E-state index in [1.54, 1.807) is 30.3 Å². The molecule has 1 aromatic heterocycles. The van der Waals surface area contributed by atoms with E-state index in [-0.39, 0.29) is 24.0 Å². The lowest BCUT2D eigenvalue weighted by Crippen LogP contribution is -2.54. The maximum atomic E-state index is 13.1. The fourth-order valence-electron chi connectivity index (χ4n) is 4.53. The number of hydrogen-bond acceptors (Lipinski definition) is 9. The van der Waals surface area contributed by atoms with Crippen LogP contribution in [-0.2, 0) is 14.4 Å². The number of rotatable bonds is 5. The summed E-state index contributed by atoms with van der Waals surface area (Å²) in [5.74, 6) is -0.912. The average Bonchev–Trinajstić information content (AvgIpc) is 3.09. The Labute approximate surface area is 194 Å². The fourth-order valence-corrected chi connectivity index (χ4v) is 4.53. The van der Waals surface area contributed by atoms with E-state index in [4.69, 9.17) is 4.74 Å². The van der Waals surface area contributed by atoms with Crippen molar-refractivity contribution in [1.29, 1.82) is 0 Å². The molecule has 2 fully saturated rings. The lowest BCUT2D eigenvalue weighted by Gasteiger charge is -2.36. The highest BCUT2D eigenvalue weighted by Gasteiger charge is 2.44. The molecule has 11 nitrogen and oxygen atoms in total. The normalized spacial score (nSPS) is 20.4. The predicted molar refractivity (Wildman–Crippen MR) is 118 cm³/mol. The Hall–Kier alpha value is -4.28. The van der Waals surface area contributed by atoms with Crippen molar-refractivity contribution in [2.75, 3.05) is 36.0 Å². The molecule has 4 heterocycles. The minimum Gasteiger partial charge on any atom is -0.427 e. The van der Waals surface area contributed by atoms with E-state index in [0.717, 1.165) is 16.4 Å². The van der Waals surface area contributed by atoms with E-state index in [9.17, 15) is 24.0 Å². The van der Waals surface area contributed by atoms with Gasteiger partial charge in [-0.15, -0.1) is 0 Å². The van der Waals surface area contributed by atoms with Crippen LogP contribution >= 0.6 is 0 Å². The number of aromatic nitrogens is 1. The molecule has 34 heavy (non-hydrogen) atoms. The van der Waals surface area contributed by atoms with E-state index in [2.05, 4.69) is 20.1 Å². The number of ether oxygens (including phenoxy) is 1. The van der Waals surface area contributed by atoms with Crippen LogP contribution in [0.25, 0.3) is 0 Å². The number of hydrogen-bond donors (Lipinski definition) is 1. The largest absolute Gasteiger partial charge is 0.427 e. The molecular formula is C23H21N5O6. The number of amides is 4. The molecule has 4 amide bonds. The molecule has 0 aliphatic carbocycles. The molecule has 1 N–H and O–H groups in total. The highest BCUT2D eigenvalue weighted by Crippen LogP contribution is 2.31. The summed E-state index contributed by atoms with van der Waals surface area (Å²) in [6.07, 6.45) is 1.70. The fraction of sp³-hybridized carbons (Fsp3) is 0.304. The minimum atomic E-state index is -0.979. The Morgan fingerprint density at radius 3 is 2.35 bits per heavy atom. The quantitative estimate of drug-likeness (QED) is 0.493. The zero-order valence-corrected chi connectivity index (χ0v) is 18.1. The Bertz CT molecular complexity index is 1190. The molecular weight excluding hydrogens is 442 g/mol. The van der Waals surface area contributed by atoms with Gasteiger partial charge in [-0.25, -0.2) is 4.98 Å². The van der Waals surface area contributed by atoms with Gasteiger partial charge in [0.2, 0.25) is 11.8 Å². The molecule has 5 rings (SSSR count). The van der Waals surface area contributed by atoms with Crippen molar-refractivity contribution in [3.63, 3.8) is 0 Å². The number of piperidine rings is 1. The number of benzene rings is 1. The molecule has 3 aliphatic heterocycles. The zero-order chi connectivity index (χ0) is 23.8. The van der Waals surface area contributed by atoms with E-state index < -0.39 is 29.7 Å². The van der Waals surface area contributed by atoms with Crippen molar-refractivity contribution < 1.29 is 28.7 Å². The first kappa shape index (κ1) is 21.6. The van der Waals surface area contributed by atoms with Crippen molar-refractivity contribution in [3.8, 4) is 5.75 Å². The summed E-state index contributed by atoms with van der Waals surface area (Å²) in [5.41, 5.74) is 1.34. The third-order valence-corrected chi connectivity index (χ3v) is 6.30.